The predicted molar refractivity (Wildman–Crippen MR) is 89.8 cm³/mol. The molecule has 2 N–H and O–H groups in total. The second kappa shape index (κ2) is 6.76. The van der Waals surface area contributed by atoms with Crippen LogP contribution < -0.4 is 20.1 Å². The first-order chi connectivity index (χ1) is 11.8. The quantitative estimate of drug-likeness (QED) is 0.876. The van der Waals surface area contributed by atoms with Crippen molar-refractivity contribution >= 4 is 22.4 Å². The standard InChI is InChI=1S/C16H17N3O4S/c20-15(14-8-17-3-4-21-14)19-16-18-11(9-24-16)10-1-2-12-13(7-10)23-6-5-22-12/h1-2,7,9,14,17H,3-6,8H2,(H,18,19,20). The van der Waals surface area contributed by atoms with Gasteiger partial charge >= 0.3 is 0 Å². The SMILES string of the molecule is O=C(Nc1nc(-c2ccc3c(c2)OCCO3)cs1)C1CNCCO1. The van der Waals surface area contributed by atoms with Gasteiger partial charge in [-0.3, -0.25) is 10.1 Å². The topological polar surface area (TPSA) is 81.7 Å². The Morgan fingerprint density at radius 2 is 2.12 bits per heavy atom. The molecule has 1 saturated heterocycles. The van der Waals surface area contributed by atoms with Gasteiger partial charge in [-0.1, -0.05) is 0 Å². The van der Waals surface area contributed by atoms with Crippen molar-refractivity contribution in [1.29, 1.82) is 0 Å². The maximum atomic E-state index is 12.2. The van der Waals surface area contributed by atoms with Crippen LogP contribution in [0.15, 0.2) is 23.6 Å². The van der Waals surface area contributed by atoms with Crippen LogP contribution in [0.2, 0.25) is 0 Å². The summed E-state index contributed by atoms with van der Waals surface area (Å²) in [5.41, 5.74) is 1.71. The number of thiazole rings is 1. The van der Waals surface area contributed by atoms with E-state index in [0.717, 1.165) is 29.3 Å². The highest BCUT2D eigenvalue weighted by Crippen LogP contribution is 2.35. The zero-order valence-corrected chi connectivity index (χ0v) is 13.7. The summed E-state index contributed by atoms with van der Waals surface area (Å²) >= 11 is 1.38. The summed E-state index contributed by atoms with van der Waals surface area (Å²) < 4.78 is 16.6. The molecule has 7 nitrogen and oxygen atoms in total. The summed E-state index contributed by atoms with van der Waals surface area (Å²) in [6, 6.07) is 5.72. The minimum atomic E-state index is -0.472. The van der Waals surface area contributed by atoms with Crippen LogP contribution in [-0.4, -0.2) is 49.9 Å². The fourth-order valence-electron chi connectivity index (χ4n) is 2.59. The first-order valence-electron chi connectivity index (χ1n) is 7.78. The molecule has 1 amide bonds. The first-order valence-corrected chi connectivity index (χ1v) is 8.66. The second-order valence-corrected chi connectivity index (χ2v) is 6.31. The molecular weight excluding hydrogens is 330 g/mol. The van der Waals surface area contributed by atoms with Crippen LogP contribution in [-0.2, 0) is 9.53 Å². The van der Waals surface area contributed by atoms with Gasteiger partial charge in [0.05, 0.1) is 12.3 Å². The minimum Gasteiger partial charge on any atom is -0.486 e. The van der Waals surface area contributed by atoms with Crippen molar-refractivity contribution in [2.24, 2.45) is 0 Å². The zero-order valence-electron chi connectivity index (χ0n) is 12.9. The fraction of sp³-hybridized carbons (Fsp3) is 0.375. The van der Waals surface area contributed by atoms with Crippen LogP contribution in [0.4, 0.5) is 5.13 Å². The number of morpholine rings is 1. The van der Waals surface area contributed by atoms with Crippen LogP contribution in [0.25, 0.3) is 11.3 Å². The number of carbonyl (C=O) groups excluding carboxylic acids is 1. The highest BCUT2D eigenvalue weighted by atomic mass is 32.1. The Bertz CT molecular complexity index is 743. The summed E-state index contributed by atoms with van der Waals surface area (Å²) in [4.78, 5) is 16.6. The molecule has 2 aromatic rings. The van der Waals surface area contributed by atoms with Crippen molar-refractivity contribution in [3.05, 3.63) is 23.6 Å². The van der Waals surface area contributed by atoms with E-state index in [2.05, 4.69) is 15.6 Å². The molecule has 1 atom stereocenters. The lowest BCUT2D eigenvalue weighted by atomic mass is 10.1. The third-order valence-corrected chi connectivity index (χ3v) is 4.55. The van der Waals surface area contributed by atoms with Gasteiger partial charge in [0.1, 0.15) is 19.3 Å². The monoisotopic (exact) mass is 347 g/mol. The number of ether oxygens (including phenoxy) is 3. The molecule has 24 heavy (non-hydrogen) atoms. The predicted octanol–water partition coefficient (Wildman–Crippen LogP) is 1.51. The van der Waals surface area contributed by atoms with E-state index in [1.54, 1.807) is 0 Å². The number of amides is 1. The molecule has 2 aliphatic rings. The highest BCUT2D eigenvalue weighted by molar-refractivity contribution is 7.14. The molecule has 0 saturated carbocycles. The number of fused-ring (bicyclic) bond motifs is 1. The van der Waals surface area contributed by atoms with Crippen LogP contribution in [0.1, 0.15) is 0 Å². The van der Waals surface area contributed by atoms with Crippen molar-refractivity contribution < 1.29 is 19.0 Å². The zero-order chi connectivity index (χ0) is 16.4. The van der Waals surface area contributed by atoms with Gasteiger partial charge in [-0.2, -0.15) is 0 Å². The molecule has 4 rings (SSSR count). The van der Waals surface area contributed by atoms with E-state index in [0.29, 0.717) is 31.5 Å². The van der Waals surface area contributed by atoms with Gasteiger partial charge in [-0.05, 0) is 18.2 Å². The Morgan fingerprint density at radius 3 is 2.96 bits per heavy atom. The van der Waals surface area contributed by atoms with Gasteiger partial charge < -0.3 is 19.5 Å². The van der Waals surface area contributed by atoms with E-state index in [1.807, 2.05) is 23.6 Å². The van der Waals surface area contributed by atoms with Crippen molar-refractivity contribution in [3.63, 3.8) is 0 Å². The van der Waals surface area contributed by atoms with Crippen LogP contribution >= 0.6 is 11.3 Å². The van der Waals surface area contributed by atoms with Gasteiger partial charge in [0.25, 0.3) is 5.91 Å². The number of nitrogens with one attached hydrogen (secondary N) is 2. The average Bonchev–Trinajstić information content (AvgIpc) is 3.10. The van der Waals surface area contributed by atoms with Crippen molar-refractivity contribution in [3.8, 4) is 22.8 Å². The molecule has 0 bridgehead atoms. The number of rotatable bonds is 3. The lowest BCUT2D eigenvalue weighted by molar-refractivity contribution is -0.128. The number of anilines is 1. The number of hydrogen-bond acceptors (Lipinski definition) is 7. The third kappa shape index (κ3) is 3.21. The number of hydrogen-bond donors (Lipinski definition) is 2. The Balaban J connectivity index is 1.47. The molecule has 0 aliphatic carbocycles. The molecule has 0 radical (unpaired) electrons. The number of benzene rings is 1. The summed E-state index contributed by atoms with van der Waals surface area (Å²) in [6.07, 6.45) is -0.472. The smallest absolute Gasteiger partial charge is 0.256 e. The lowest BCUT2D eigenvalue weighted by Crippen LogP contribution is -2.45. The normalized spacial score (nSPS) is 19.8. The van der Waals surface area contributed by atoms with E-state index in [1.165, 1.54) is 11.3 Å². The molecule has 0 spiro atoms. The van der Waals surface area contributed by atoms with Gasteiger partial charge in [0, 0.05) is 24.0 Å². The van der Waals surface area contributed by atoms with E-state index >= 15 is 0 Å². The third-order valence-electron chi connectivity index (χ3n) is 3.79. The van der Waals surface area contributed by atoms with Gasteiger partial charge in [-0.25, -0.2) is 4.98 Å². The van der Waals surface area contributed by atoms with E-state index in [9.17, 15) is 4.79 Å². The molecule has 1 aromatic heterocycles. The fourth-order valence-corrected chi connectivity index (χ4v) is 3.31. The molecule has 1 fully saturated rings. The van der Waals surface area contributed by atoms with Crippen LogP contribution in [0.5, 0.6) is 11.5 Å². The Morgan fingerprint density at radius 1 is 1.25 bits per heavy atom. The molecule has 1 unspecified atom stereocenters. The highest BCUT2D eigenvalue weighted by Gasteiger charge is 2.22. The summed E-state index contributed by atoms with van der Waals surface area (Å²) in [5.74, 6) is 1.29. The average molecular weight is 347 g/mol. The van der Waals surface area contributed by atoms with Gasteiger partial charge in [0.2, 0.25) is 0 Å². The Labute approximate surface area is 142 Å². The second-order valence-electron chi connectivity index (χ2n) is 5.45. The Hall–Kier alpha value is -2.16. The maximum absolute atomic E-state index is 12.2. The molecule has 1 aromatic carbocycles. The minimum absolute atomic E-state index is 0.176. The summed E-state index contributed by atoms with van der Waals surface area (Å²) in [5, 5.41) is 8.40. The summed E-state index contributed by atoms with van der Waals surface area (Å²) in [7, 11) is 0. The lowest BCUT2D eigenvalue weighted by Gasteiger charge is -2.22. The number of carbonyl (C=O) groups is 1. The van der Waals surface area contributed by atoms with Crippen molar-refractivity contribution in [1.82, 2.24) is 10.3 Å². The first kappa shape index (κ1) is 15.4. The number of aromatic nitrogens is 1. The summed E-state index contributed by atoms with van der Waals surface area (Å²) in [6.45, 7) is 2.95. The molecule has 2 aliphatic heterocycles. The van der Waals surface area contributed by atoms with Crippen LogP contribution in [0, 0.1) is 0 Å². The number of nitrogens with zero attached hydrogens (tertiary/aromatic N) is 1. The van der Waals surface area contributed by atoms with Crippen molar-refractivity contribution in [2.45, 2.75) is 6.10 Å². The molecule has 3 heterocycles. The van der Waals surface area contributed by atoms with E-state index in [-0.39, 0.29) is 5.91 Å². The van der Waals surface area contributed by atoms with Gasteiger partial charge in [0.15, 0.2) is 16.6 Å². The van der Waals surface area contributed by atoms with Gasteiger partial charge in [-0.15, -0.1) is 11.3 Å². The van der Waals surface area contributed by atoms with Crippen LogP contribution in [0.3, 0.4) is 0 Å². The van der Waals surface area contributed by atoms with E-state index < -0.39 is 6.10 Å². The van der Waals surface area contributed by atoms with Crippen molar-refractivity contribution in [2.75, 3.05) is 38.2 Å². The molecule has 126 valence electrons. The maximum Gasteiger partial charge on any atom is 0.256 e. The molecule has 8 heteroatoms. The molecular formula is C16H17N3O4S. The van der Waals surface area contributed by atoms with E-state index in [4.69, 9.17) is 14.2 Å². The largest absolute Gasteiger partial charge is 0.486 e. The Kier molecular flexibility index (Phi) is 4.33.